The molecule has 0 amide bonds. The Morgan fingerprint density at radius 3 is 2.74 bits per heavy atom. The predicted octanol–water partition coefficient (Wildman–Crippen LogP) is 2.98. The van der Waals surface area contributed by atoms with Gasteiger partial charge in [0.2, 0.25) is 0 Å². The van der Waals surface area contributed by atoms with Crippen molar-refractivity contribution >= 4 is 34.5 Å². The van der Waals surface area contributed by atoms with Crippen LogP contribution in [0.4, 0.5) is 5.69 Å². The second kappa shape index (κ2) is 6.55. The molecule has 0 aliphatic carbocycles. The Hall–Kier alpha value is -0.840. The van der Waals surface area contributed by atoms with E-state index in [1.165, 1.54) is 0 Å². The molecule has 1 aromatic rings. The van der Waals surface area contributed by atoms with Gasteiger partial charge in [0.05, 0.1) is 16.7 Å². The van der Waals surface area contributed by atoms with Crippen molar-refractivity contribution in [2.45, 2.75) is 25.9 Å². The molecule has 104 valence electrons. The van der Waals surface area contributed by atoms with Gasteiger partial charge in [0.1, 0.15) is 4.99 Å². The smallest absolute Gasteiger partial charge is 0.107 e. The van der Waals surface area contributed by atoms with Crippen molar-refractivity contribution in [1.29, 1.82) is 0 Å². The van der Waals surface area contributed by atoms with Gasteiger partial charge in [-0.25, -0.2) is 0 Å². The van der Waals surface area contributed by atoms with E-state index in [0.717, 1.165) is 43.8 Å². The number of hydrogen-bond acceptors (Lipinski definition) is 3. The molecular weight excluding hydrogens is 280 g/mol. The standard InChI is InChI=1S/C14H19ClN2OS/c1-2-18-10-6-8-17(9-7-10)12-5-3-4-11(15)13(12)14(16)19/h3-5,10H,2,6-9H2,1H3,(H2,16,19). The largest absolute Gasteiger partial charge is 0.389 e. The van der Waals surface area contributed by atoms with Gasteiger partial charge in [-0.3, -0.25) is 0 Å². The monoisotopic (exact) mass is 298 g/mol. The van der Waals surface area contributed by atoms with Crippen LogP contribution in [0, 0.1) is 0 Å². The molecule has 0 radical (unpaired) electrons. The average molecular weight is 299 g/mol. The molecule has 0 unspecified atom stereocenters. The fourth-order valence-electron chi connectivity index (χ4n) is 2.52. The van der Waals surface area contributed by atoms with Crippen molar-refractivity contribution in [3.63, 3.8) is 0 Å². The SMILES string of the molecule is CCOC1CCN(c2cccc(Cl)c2C(N)=S)CC1. The van der Waals surface area contributed by atoms with E-state index >= 15 is 0 Å². The summed E-state index contributed by atoms with van der Waals surface area (Å²) in [5.74, 6) is 0. The number of hydrogen-bond donors (Lipinski definition) is 1. The lowest BCUT2D eigenvalue weighted by molar-refractivity contribution is 0.0459. The molecule has 1 aliphatic heterocycles. The number of rotatable bonds is 4. The highest BCUT2D eigenvalue weighted by Gasteiger charge is 2.22. The summed E-state index contributed by atoms with van der Waals surface area (Å²) >= 11 is 11.3. The third-order valence-electron chi connectivity index (χ3n) is 3.42. The van der Waals surface area contributed by atoms with E-state index in [4.69, 9.17) is 34.3 Å². The van der Waals surface area contributed by atoms with Crippen LogP contribution in [0.3, 0.4) is 0 Å². The minimum atomic E-state index is 0.354. The molecule has 0 atom stereocenters. The van der Waals surface area contributed by atoms with Crippen molar-refractivity contribution in [2.75, 3.05) is 24.6 Å². The molecule has 1 fully saturated rings. The van der Waals surface area contributed by atoms with Gasteiger partial charge in [-0.15, -0.1) is 0 Å². The molecule has 2 rings (SSSR count). The molecule has 0 aromatic heterocycles. The first kappa shape index (κ1) is 14.6. The molecule has 1 heterocycles. The molecule has 3 nitrogen and oxygen atoms in total. The Morgan fingerprint density at radius 1 is 1.47 bits per heavy atom. The molecule has 2 N–H and O–H groups in total. The zero-order valence-electron chi connectivity index (χ0n) is 11.1. The van der Waals surface area contributed by atoms with Gasteiger partial charge in [0, 0.05) is 25.4 Å². The zero-order chi connectivity index (χ0) is 13.8. The number of thiocarbonyl (C=S) groups is 1. The highest BCUT2D eigenvalue weighted by Crippen LogP contribution is 2.30. The number of halogens is 1. The van der Waals surface area contributed by atoms with Crippen molar-refractivity contribution in [1.82, 2.24) is 0 Å². The van der Waals surface area contributed by atoms with Crippen LogP contribution in [0.2, 0.25) is 5.02 Å². The molecular formula is C14H19ClN2OS. The van der Waals surface area contributed by atoms with Crippen LogP contribution >= 0.6 is 23.8 Å². The summed E-state index contributed by atoms with van der Waals surface area (Å²) in [6.45, 7) is 4.70. The van der Waals surface area contributed by atoms with Crippen molar-refractivity contribution in [3.05, 3.63) is 28.8 Å². The van der Waals surface area contributed by atoms with Crippen molar-refractivity contribution in [2.24, 2.45) is 5.73 Å². The molecule has 0 spiro atoms. The Bertz CT molecular complexity index is 459. The summed E-state index contributed by atoms with van der Waals surface area (Å²) in [5, 5.41) is 0.622. The topological polar surface area (TPSA) is 38.5 Å². The Labute approximate surface area is 124 Å². The summed E-state index contributed by atoms with van der Waals surface area (Å²) < 4.78 is 5.67. The highest BCUT2D eigenvalue weighted by molar-refractivity contribution is 7.80. The Balaban J connectivity index is 2.15. The van der Waals surface area contributed by atoms with Gasteiger partial charge in [-0.05, 0) is 31.9 Å². The second-order valence-corrected chi connectivity index (χ2v) is 5.49. The van der Waals surface area contributed by atoms with E-state index in [1.807, 2.05) is 25.1 Å². The lowest BCUT2D eigenvalue weighted by Crippen LogP contribution is -2.38. The number of anilines is 1. The van der Waals surface area contributed by atoms with Crippen LogP contribution in [0.1, 0.15) is 25.3 Å². The van der Waals surface area contributed by atoms with Gasteiger partial charge in [0.25, 0.3) is 0 Å². The fourth-order valence-corrected chi connectivity index (χ4v) is 3.06. The summed E-state index contributed by atoms with van der Waals surface area (Å²) in [5.41, 5.74) is 7.62. The first-order valence-electron chi connectivity index (χ1n) is 6.58. The third-order valence-corrected chi connectivity index (χ3v) is 3.94. The van der Waals surface area contributed by atoms with Crippen LogP contribution in [-0.4, -0.2) is 30.8 Å². The van der Waals surface area contributed by atoms with Gasteiger partial charge < -0.3 is 15.4 Å². The normalized spacial score (nSPS) is 16.6. The zero-order valence-corrected chi connectivity index (χ0v) is 12.6. The summed E-state index contributed by atoms with van der Waals surface area (Å²) in [6, 6.07) is 5.79. The van der Waals surface area contributed by atoms with Crippen LogP contribution in [0.5, 0.6) is 0 Å². The van der Waals surface area contributed by atoms with E-state index in [-0.39, 0.29) is 0 Å². The number of benzene rings is 1. The maximum absolute atomic E-state index is 6.20. The van der Waals surface area contributed by atoms with Gasteiger partial charge >= 0.3 is 0 Å². The van der Waals surface area contributed by atoms with Gasteiger partial charge in [-0.2, -0.15) is 0 Å². The lowest BCUT2D eigenvalue weighted by atomic mass is 10.0. The average Bonchev–Trinajstić information content (AvgIpc) is 2.39. The number of ether oxygens (including phenoxy) is 1. The lowest BCUT2D eigenvalue weighted by Gasteiger charge is -2.34. The van der Waals surface area contributed by atoms with Crippen molar-refractivity contribution < 1.29 is 4.74 Å². The third kappa shape index (κ3) is 3.38. The number of piperidine rings is 1. The van der Waals surface area contributed by atoms with E-state index in [1.54, 1.807) is 0 Å². The fraction of sp³-hybridized carbons (Fsp3) is 0.500. The molecule has 1 saturated heterocycles. The van der Waals surface area contributed by atoms with E-state index < -0.39 is 0 Å². The van der Waals surface area contributed by atoms with Crippen LogP contribution in [-0.2, 0) is 4.74 Å². The van der Waals surface area contributed by atoms with Gasteiger partial charge in [0.15, 0.2) is 0 Å². The first-order valence-corrected chi connectivity index (χ1v) is 7.37. The molecule has 19 heavy (non-hydrogen) atoms. The maximum Gasteiger partial charge on any atom is 0.107 e. The number of nitrogens with two attached hydrogens (primary N) is 1. The second-order valence-electron chi connectivity index (χ2n) is 4.64. The summed E-state index contributed by atoms with van der Waals surface area (Å²) in [7, 11) is 0. The van der Waals surface area contributed by atoms with E-state index in [9.17, 15) is 0 Å². The molecule has 0 bridgehead atoms. The van der Waals surface area contributed by atoms with Crippen molar-refractivity contribution in [3.8, 4) is 0 Å². The molecule has 1 aliphatic rings. The van der Waals surface area contributed by atoms with E-state index in [0.29, 0.717) is 16.1 Å². The highest BCUT2D eigenvalue weighted by atomic mass is 35.5. The molecule has 5 heteroatoms. The Morgan fingerprint density at radius 2 is 2.16 bits per heavy atom. The minimum Gasteiger partial charge on any atom is -0.389 e. The maximum atomic E-state index is 6.20. The quantitative estimate of drug-likeness (QED) is 0.867. The first-order chi connectivity index (χ1) is 9.13. The summed E-state index contributed by atoms with van der Waals surface area (Å²) in [4.78, 5) is 2.64. The van der Waals surface area contributed by atoms with Crippen LogP contribution in [0.15, 0.2) is 18.2 Å². The van der Waals surface area contributed by atoms with Gasteiger partial charge in [-0.1, -0.05) is 29.9 Å². The van der Waals surface area contributed by atoms with E-state index in [2.05, 4.69) is 4.90 Å². The molecule has 0 saturated carbocycles. The summed E-state index contributed by atoms with van der Waals surface area (Å²) in [6.07, 6.45) is 2.42. The van der Waals surface area contributed by atoms with Crippen LogP contribution < -0.4 is 10.6 Å². The predicted molar refractivity (Wildman–Crippen MR) is 84.2 cm³/mol. The Kier molecular flexibility index (Phi) is 5.02. The van der Waals surface area contributed by atoms with Crippen LogP contribution in [0.25, 0.3) is 0 Å². The minimum absolute atomic E-state index is 0.354. The molecule has 1 aromatic carbocycles. The number of nitrogens with zero attached hydrogens (tertiary/aromatic N) is 1.